The molecule has 1 aliphatic carbocycles. The molecule has 2 heteroatoms. The molecule has 0 radical (unpaired) electrons. The zero-order valence-corrected chi connectivity index (χ0v) is 9.91. The summed E-state index contributed by atoms with van der Waals surface area (Å²) in [5, 5.41) is 0. The Balaban J connectivity index is 2.14. The summed E-state index contributed by atoms with van der Waals surface area (Å²) in [4.78, 5) is 0. The Labute approximate surface area is 96.4 Å². The van der Waals surface area contributed by atoms with Gasteiger partial charge in [-0.05, 0) is 24.7 Å². The van der Waals surface area contributed by atoms with Crippen LogP contribution in [0, 0.1) is 0 Å². The SMILES string of the molecule is CSN1CCCC1C1=CC=CC=CC=C1. The van der Waals surface area contributed by atoms with Crippen molar-refractivity contribution in [3.05, 3.63) is 48.1 Å². The predicted octanol–water partition coefficient (Wildman–Crippen LogP) is 3.34. The molecule has 1 heterocycles. The zero-order valence-electron chi connectivity index (χ0n) is 9.10. The van der Waals surface area contributed by atoms with Gasteiger partial charge in [-0.3, -0.25) is 0 Å². The lowest BCUT2D eigenvalue weighted by atomic mass is 10.0. The minimum Gasteiger partial charge on any atom is -0.243 e. The second-order valence-corrected chi connectivity index (χ2v) is 4.61. The van der Waals surface area contributed by atoms with E-state index in [0.717, 1.165) is 0 Å². The molecule has 1 atom stereocenters. The third kappa shape index (κ3) is 2.64. The molecule has 2 rings (SSSR count). The van der Waals surface area contributed by atoms with E-state index in [4.69, 9.17) is 0 Å². The van der Waals surface area contributed by atoms with Gasteiger partial charge in [-0.25, -0.2) is 4.31 Å². The van der Waals surface area contributed by atoms with Crippen LogP contribution in [-0.4, -0.2) is 23.1 Å². The third-order valence-corrected chi connectivity index (χ3v) is 3.75. The van der Waals surface area contributed by atoms with Crippen LogP contribution < -0.4 is 0 Å². The normalized spacial score (nSPS) is 26.5. The number of hydrogen-bond donors (Lipinski definition) is 0. The molecule has 1 fully saturated rings. The van der Waals surface area contributed by atoms with Gasteiger partial charge < -0.3 is 0 Å². The van der Waals surface area contributed by atoms with Gasteiger partial charge in [0.15, 0.2) is 0 Å². The third-order valence-electron chi connectivity index (χ3n) is 2.84. The summed E-state index contributed by atoms with van der Waals surface area (Å²) in [5.74, 6) is 0. The molecule has 80 valence electrons. The molecule has 0 saturated carbocycles. The van der Waals surface area contributed by atoms with E-state index in [1.54, 1.807) is 0 Å². The monoisotopic (exact) mass is 219 g/mol. The van der Waals surface area contributed by atoms with Gasteiger partial charge in [-0.1, -0.05) is 54.5 Å². The van der Waals surface area contributed by atoms with Crippen molar-refractivity contribution in [1.82, 2.24) is 4.31 Å². The standard InChI is InChI=1S/C13H17NS/c1-15-14-11-7-10-13(14)12-8-5-3-2-4-6-9-12/h2-6,8-9,13H,7,10-11H2,1H3. The molecule has 0 aromatic carbocycles. The summed E-state index contributed by atoms with van der Waals surface area (Å²) < 4.78 is 2.48. The van der Waals surface area contributed by atoms with Gasteiger partial charge in [0.05, 0.1) is 0 Å². The average molecular weight is 219 g/mol. The molecular formula is C13H17NS. The summed E-state index contributed by atoms with van der Waals surface area (Å²) >= 11 is 1.86. The van der Waals surface area contributed by atoms with Crippen molar-refractivity contribution in [2.24, 2.45) is 0 Å². The zero-order chi connectivity index (χ0) is 10.5. The molecule has 15 heavy (non-hydrogen) atoms. The maximum Gasteiger partial charge on any atom is 0.0452 e. The average Bonchev–Trinajstić information content (AvgIpc) is 2.65. The van der Waals surface area contributed by atoms with E-state index >= 15 is 0 Å². The van der Waals surface area contributed by atoms with Crippen LogP contribution in [0.1, 0.15) is 12.8 Å². The summed E-state index contributed by atoms with van der Waals surface area (Å²) in [7, 11) is 0. The van der Waals surface area contributed by atoms with Gasteiger partial charge in [0.1, 0.15) is 0 Å². The van der Waals surface area contributed by atoms with Crippen molar-refractivity contribution in [3.63, 3.8) is 0 Å². The first kappa shape index (κ1) is 10.8. The predicted molar refractivity (Wildman–Crippen MR) is 68.7 cm³/mol. The minimum atomic E-state index is 0.604. The molecular weight excluding hydrogens is 202 g/mol. The maximum absolute atomic E-state index is 2.48. The fourth-order valence-corrected chi connectivity index (χ4v) is 2.89. The fraction of sp³-hybridized carbons (Fsp3) is 0.385. The Morgan fingerprint density at radius 2 is 2.00 bits per heavy atom. The largest absolute Gasteiger partial charge is 0.243 e. The van der Waals surface area contributed by atoms with E-state index in [1.165, 1.54) is 25.0 Å². The summed E-state index contributed by atoms with van der Waals surface area (Å²) in [6.07, 6.45) is 19.7. The van der Waals surface area contributed by atoms with Gasteiger partial charge in [0.2, 0.25) is 0 Å². The van der Waals surface area contributed by atoms with Crippen LogP contribution >= 0.6 is 11.9 Å². The van der Waals surface area contributed by atoms with Gasteiger partial charge in [0, 0.05) is 12.6 Å². The first-order chi connectivity index (χ1) is 7.42. The minimum absolute atomic E-state index is 0.604. The van der Waals surface area contributed by atoms with E-state index in [2.05, 4.69) is 53.1 Å². The van der Waals surface area contributed by atoms with Crippen molar-refractivity contribution in [1.29, 1.82) is 0 Å². The molecule has 0 bridgehead atoms. The van der Waals surface area contributed by atoms with E-state index < -0.39 is 0 Å². The fourth-order valence-electron chi connectivity index (χ4n) is 2.10. The summed E-state index contributed by atoms with van der Waals surface area (Å²) in [6, 6.07) is 0.604. The summed E-state index contributed by atoms with van der Waals surface area (Å²) in [5.41, 5.74) is 1.43. The van der Waals surface area contributed by atoms with Gasteiger partial charge >= 0.3 is 0 Å². The number of hydrogen-bond acceptors (Lipinski definition) is 2. The molecule has 1 nitrogen and oxygen atoms in total. The number of nitrogens with zero attached hydrogens (tertiary/aromatic N) is 1. The molecule has 1 aliphatic heterocycles. The lowest BCUT2D eigenvalue weighted by Crippen LogP contribution is -2.23. The van der Waals surface area contributed by atoms with Crippen LogP contribution in [0.2, 0.25) is 0 Å². The molecule has 1 saturated heterocycles. The van der Waals surface area contributed by atoms with Crippen molar-refractivity contribution < 1.29 is 0 Å². The summed E-state index contributed by atoms with van der Waals surface area (Å²) in [6.45, 7) is 1.22. The van der Waals surface area contributed by atoms with Crippen LogP contribution in [0.5, 0.6) is 0 Å². The van der Waals surface area contributed by atoms with Crippen molar-refractivity contribution in [3.8, 4) is 0 Å². The van der Waals surface area contributed by atoms with Crippen LogP contribution in [0.15, 0.2) is 48.1 Å². The smallest absolute Gasteiger partial charge is 0.0452 e. The quantitative estimate of drug-likeness (QED) is 0.655. The molecule has 0 aromatic heterocycles. The van der Waals surface area contributed by atoms with Gasteiger partial charge in [-0.15, -0.1) is 0 Å². The second-order valence-electron chi connectivity index (χ2n) is 3.78. The molecule has 0 N–H and O–H groups in total. The Hall–Kier alpha value is -0.730. The highest BCUT2D eigenvalue weighted by Crippen LogP contribution is 2.29. The Bertz CT molecular complexity index is 325. The van der Waals surface area contributed by atoms with Gasteiger partial charge in [0.25, 0.3) is 0 Å². The lowest BCUT2D eigenvalue weighted by molar-refractivity contribution is 0.494. The first-order valence-corrected chi connectivity index (χ1v) is 6.62. The maximum atomic E-state index is 2.48. The highest BCUT2D eigenvalue weighted by molar-refractivity contribution is 7.96. The van der Waals surface area contributed by atoms with Gasteiger partial charge in [-0.2, -0.15) is 0 Å². The lowest BCUT2D eigenvalue weighted by Gasteiger charge is -2.22. The highest BCUT2D eigenvalue weighted by atomic mass is 32.2. The number of rotatable bonds is 2. The van der Waals surface area contributed by atoms with Crippen LogP contribution in [0.3, 0.4) is 0 Å². The Kier molecular flexibility index (Phi) is 3.87. The molecule has 1 unspecified atom stereocenters. The van der Waals surface area contributed by atoms with Crippen molar-refractivity contribution in [2.75, 3.05) is 12.8 Å². The highest BCUT2D eigenvalue weighted by Gasteiger charge is 2.25. The molecule has 0 aromatic rings. The van der Waals surface area contributed by atoms with Crippen LogP contribution in [0.4, 0.5) is 0 Å². The van der Waals surface area contributed by atoms with Crippen molar-refractivity contribution in [2.45, 2.75) is 18.9 Å². The Morgan fingerprint density at radius 3 is 2.87 bits per heavy atom. The molecule has 2 aliphatic rings. The van der Waals surface area contributed by atoms with E-state index in [1.807, 2.05) is 11.9 Å². The van der Waals surface area contributed by atoms with Crippen LogP contribution in [0.25, 0.3) is 0 Å². The van der Waals surface area contributed by atoms with E-state index in [9.17, 15) is 0 Å². The molecule has 0 amide bonds. The first-order valence-electron chi connectivity index (χ1n) is 5.44. The molecule has 0 spiro atoms. The topological polar surface area (TPSA) is 3.24 Å². The van der Waals surface area contributed by atoms with Crippen LogP contribution in [-0.2, 0) is 0 Å². The number of allylic oxidation sites excluding steroid dienone is 6. The van der Waals surface area contributed by atoms with E-state index in [-0.39, 0.29) is 0 Å². The Morgan fingerprint density at radius 1 is 1.20 bits per heavy atom. The van der Waals surface area contributed by atoms with E-state index in [0.29, 0.717) is 6.04 Å². The van der Waals surface area contributed by atoms with Crippen molar-refractivity contribution >= 4 is 11.9 Å². The second kappa shape index (κ2) is 5.38.